The second kappa shape index (κ2) is 13.3. The molecule has 7 nitrogen and oxygen atoms in total. The largest absolute Gasteiger partial charge is 0.352 e. The number of aryl methyl sites for hydroxylation is 3. The third kappa shape index (κ3) is 7.36. The van der Waals surface area contributed by atoms with E-state index in [1.54, 1.807) is 47.4 Å². The maximum Gasteiger partial charge on any atom is 0.264 e. The molecule has 1 saturated carbocycles. The molecule has 0 radical (unpaired) electrons. The molecule has 1 atom stereocenters. The maximum absolute atomic E-state index is 14.2. The molecule has 41 heavy (non-hydrogen) atoms. The van der Waals surface area contributed by atoms with Crippen LogP contribution >= 0.6 is 0 Å². The van der Waals surface area contributed by atoms with Crippen molar-refractivity contribution in [3.8, 4) is 0 Å². The van der Waals surface area contributed by atoms with Gasteiger partial charge >= 0.3 is 0 Å². The van der Waals surface area contributed by atoms with Crippen molar-refractivity contribution in [1.82, 2.24) is 10.2 Å². The van der Waals surface area contributed by atoms with Gasteiger partial charge in [0.15, 0.2) is 0 Å². The van der Waals surface area contributed by atoms with Crippen LogP contribution in [0.5, 0.6) is 0 Å². The van der Waals surface area contributed by atoms with Crippen LogP contribution in [0.15, 0.2) is 77.7 Å². The highest BCUT2D eigenvalue weighted by atomic mass is 32.2. The Hall–Kier alpha value is -3.65. The van der Waals surface area contributed by atoms with Gasteiger partial charge < -0.3 is 10.2 Å². The summed E-state index contributed by atoms with van der Waals surface area (Å²) in [5.74, 6) is -0.622. The quantitative estimate of drug-likeness (QED) is 0.319. The van der Waals surface area contributed by atoms with Crippen LogP contribution in [0, 0.1) is 20.8 Å². The minimum Gasteiger partial charge on any atom is -0.352 e. The number of anilines is 1. The fraction of sp³-hybridized carbons (Fsp3) is 0.394. The van der Waals surface area contributed by atoms with E-state index in [1.165, 1.54) is 4.31 Å². The van der Waals surface area contributed by atoms with Gasteiger partial charge in [-0.15, -0.1) is 0 Å². The van der Waals surface area contributed by atoms with E-state index in [2.05, 4.69) is 5.32 Å². The van der Waals surface area contributed by atoms with Crippen LogP contribution in [-0.2, 0) is 26.2 Å². The molecule has 218 valence electrons. The van der Waals surface area contributed by atoms with Gasteiger partial charge in [-0.25, -0.2) is 8.42 Å². The van der Waals surface area contributed by atoms with E-state index < -0.39 is 28.5 Å². The molecule has 0 saturated heterocycles. The van der Waals surface area contributed by atoms with E-state index in [4.69, 9.17) is 0 Å². The third-order valence-corrected chi connectivity index (χ3v) is 9.65. The van der Waals surface area contributed by atoms with E-state index in [-0.39, 0.29) is 23.4 Å². The van der Waals surface area contributed by atoms with E-state index >= 15 is 0 Å². The fourth-order valence-electron chi connectivity index (χ4n) is 5.41. The Morgan fingerprint density at radius 1 is 0.902 bits per heavy atom. The Kier molecular flexibility index (Phi) is 9.86. The van der Waals surface area contributed by atoms with Gasteiger partial charge in [0.1, 0.15) is 12.6 Å². The number of nitrogens with one attached hydrogen (secondary N) is 1. The normalized spacial score (nSPS) is 14.4. The van der Waals surface area contributed by atoms with Crippen LogP contribution in [-0.4, -0.2) is 43.8 Å². The van der Waals surface area contributed by atoms with Crippen molar-refractivity contribution in [2.75, 3.05) is 10.8 Å². The van der Waals surface area contributed by atoms with Gasteiger partial charge in [0.05, 0.1) is 10.6 Å². The molecule has 0 aromatic heterocycles. The number of nitrogens with zero attached hydrogens (tertiary/aromatic N) is 2. The molecule has 0 bridgehead atoms. The SMILES string of the molecule is CCC(C(=O)NC1CCCC1)N(Cc1ccccc1C)C(=O)CN(c1cccc(C)c1)S(=O)(=O)c1ccc(C)cc1. The zero-order chi connectivity index (χ0) is 29.6. The Morgan fingerprint density at radius 2 is 1.59 bits per heavy atom. The molecule has 3 aromatic rings. The van der Waals surface area contributed by atoms with Gasteiger partial charge in [0, 0.05) is 12.6 Å². The summed E-state index contributed by atoms with van der Waals surface area (Å²) < 4.78 is 29.2. The van der Waals surface area contributed by atoms with Crippen molar-refractivity contribution in [1.29, 1.82) is 0 Å². The van der Waals surface area contributed by atoms with Gasteiger partial charge in [-0.2, -0.15) is 0 Å². The summed E-state index contributed by atoms with van der Waals surface area (Å²) in [6, 6.07) is 20.9. The second-order valence-corrected chi connectivity index (χ2v) is 12.9. The van der Waals surface area contributed by atoms with Crippen LogP contribution in [0.3, 0.4) is 0 Å². The van der Waals surface area contributed by atoms with Crippen LogP contribution in [0.4, 0.5) is 5.69 Å². The van der Waals surface area contributed by atoms with E-state index in [1.807, 2.05) is 58.0 Å². The summed E-state index contributed by atoms with van der Waals surface area (Å²) in [6.07, 6.45) is 4.44. The van der Waals surface area contributed by atoms with Crippen LogP contribution in [0.25, 0.3) is 0 Å². The Balaban J connectivity index is 1.72. The molecular weight excluding hydrogens is 534 g/mol. The standard InChI is InChI=1S/C33H41N3O4S/c1-5-31(33(38)34-28-14-8-9-15-28)35(22-27-13-7-6-12-26(27)4)32(37)23-36(29-16-10-11-25(3)21-29)41(39,40)30-19-17-24(2)18-20-30/h6-7,10-13,16-21,28,31H,5,8-9,14-15,22-23H2,1-4H3,(H,34,38). The zero-order valence-corrected chi connectivity index (χ0v) is 25.3. The number of hydrogen-bond acceptors (Lipinski definition) is 4. The molecule has 1 aliphatic carbocycles. The van der Waals surface area contributed by atoms with Crippen molar-refractivity contribution in [3.63, 3.8) is 0 Å². The average Bonchev–Trinajstić information content (AvgIpc) is 3.45. The first-order valence-electron chi connectivity index (χ1n) is 14.4. The Bertz CT molecular complexity index is 1460. The first kappa shape index (κ1) is 30.3. The average molecular weight is 576 g/mol. The lowest BCUT2D eigenvalue weighted by molar-refractivity contribution is -0.140. The molecule has 1 aliphatic rings. The molecule has 0 heterocycles. The monoisotopic (exact) mass is 575 g/mol. The topological polar surface area (TPSA) is 86.8 Å². The van der Waals surface area contributed by atoms with Crippen molar-refractivity contribution in [3.05, 3.63) is 95.1 Å². The molecule has 3 aromatic carbocycles. The third-order valence-electron chi connectivity index (χ3n) is 7.87. The van der Waals surface area contributed by atoms with Crippen molar-refractivity contribution < 1.29 is 18.0 Å². The number of carbonyl (C=O) groups is 2. The lowest BCUT2D eigenvalue weighted by atomic mass is 10.1. The van der Waals surface area contributed by atoms with E-state index in [0.717, 1.165) is 47.9 Å². The lowest BCUT2D eigenvalue weighted by Gasteiger charge is -2.34. The highest BCUT2D eigenvalue weighted by Crippen LogP contribution is 2.26. The molecule has 1 fully saturated rings. The molecule has 1 N–H and O–H groups in total. The molecule has 8 heteroatoms. The Labute approximate surface area is 244 Å². The predicted octanol–water partition coefficient (Wildman–Crippen LogP) is 5.67. The van der Waals surface area contributed by atoms with Gasteiger partial charge in [-0.3, -0.25) is 13.9 Å². The number of hydrogen-bond donors (Lipinski definition) is 1. The van der Waals surface area contributed by atoms with Crippen molar-refractivity contribution >= 4 is 27.5 Å². The first-order valence-corrected chi connectivity index (χ1v) is 15.8. The molecular formula is C33H41N3O4S. The number of rotatable bonds is 11. The first-order chi connectivity index (χ1) is 19.6. The van der Waals surface area contributed by atoms with Crippen LogP contribution < -0.4 is 9.62 Å². The van der Waals surface area contributed by atoms with E-state index in [9.17, 15) is 18.0 Å². The second-order valence-electron chi connectivity index (χ2n) is 11.0. The predicted molar refractivity (Wildman–Crippen MR) is 163 cm³/mol. The molecule has 2 amide bonds. The van der Waals surface area contributed by atoms with Crippen LogP contribution in [0.1, 0.15) is 61.3 Å². The zero-order valence-electron chi connectivity index (χ0n) is 24.5. The minimum absolute atomic E-state index is 0.105. The van der Waals surface area contributed by atoms with Crippen molar-refractivity contribution in [2.45, 2.75) is 83.3 Å². The summed E-state index contributed by atoms with van der Waals surface area (Å²) in [5, 5.41) is 3.15. The molecule has 1 unspecified atom stereocenters. The van der Waals surface area contributed by atoms with Gasteiger partial charge in [-0.1, -0.05) is 73.9 Å². The fourth-order valence-corrected chi connectivity index (χ4v) is 6.81. The van der Waals surface area contributed by atoms with Gasteiger partial charge in [0.2, 0.25) is 11.8 Å². The molecule has 0 aliphatic heterocycles. The van der Waals surface area contributed by atoms with Gasteiger partial charge in [-0.05, 0) is 81.0 Å². The highest BCUT2D eigenvalue weighted by molar-refractivity contribution is 7.92. The number of benzene rings is 3. The van der Waals surface area contributed by atoms with Gasteiger partial charge in [0.25, 0.3) is 10.0 Å². The maximum atomic E-state index is 14.2. The number of amides is 2. The Morgan fingerprint density at radius 3 is 2.22 bits per heavy atom. The summed E-state index contributed by atoms with van der Waals surface area (Å²) in [4.78, 5) is 29.5. The van der Waals surface area contributed by atoms with E-state index in [0.29, 0.717) is 12.1 Å². The van der Waals surface area contributed by atoms with Crippen LogP contribution in [0.2, 0.25) is 0 Å². The summed E-state index contributed by atoms with van der Waals surface area (Å²) in [7, 11) is -4.08. The summed E-state index contributed by atoms with van der Waals surface area (Å²) in [6.45, 7) is 7.40. The highest BCUT2D eigenvalue weighted by Gasteiger charge is 2.34. The smallest absolute Gasteiger partial charge is 0.264 e. The minimum atomic E-state index is -4.08. The number of sulfonamides is 1. The molecule has 4 rings (SSSR count). The molecule has 0 spiro atoms. The summed E-state index contributed by atoms with van der Waals surface area (Å²) in [5.41, 5.74) is 4.12. The number of carbonyl (C=O) groups excluding carboxylic acids is 2. The lowest BCUT2D eigenvalue weighted by Crippen LogP contribution is -2.53. The summed E-state index contributed by atoms with van der Waals surface area (Å²) >= 11 is 0. The van der Waals surface area contributed by atoms with Crippen molar-refractivity contribution in [2.24, 2.45) is 0 Å².